The lowest BCUT2D eigenvalue weighted by Crippen LogP contribution is -2.52. The highest BCUT2D eigenvalue weighted by Crippen LogP contribution is 2.51. The van der Waals surface area contributed by atoms with Gasteiger partial charge in [0.05, 0.1) is 6.04 Å². The van der Waals surface area contributed by atoms with Crippen molar-refractivity contribution >= 4 is 6.09 Å². The highest BCUT2D eigenvalue weighted by molar-refractivity contribution is 5.80. The molecule has 1 saturated heterocycles. The van der Waals surface area contributed by atoms with E-state index in [1.807, 2.05) is 35.2 Å². The van der Waals surface area contributed by atoms with Gasteiger partial charge < -0.3 is 4.74 Å². The second-order valence-electron chi connectivity index (χ2n) is 9.15. The Morgan fingerprint density at radius 3 is 2.19 bits per heavy atom. The second kappa shape index (κ2) is 7.98. The van der Waals surface area contributed by atoms with Crippen LogP contribution in [0.3, 0.4) is 0 Å². The molecule has 2 unspecified atom stereocenters. The highest BCUT2D eigenvalue weighted by atomic mass is 16.6. The number of carbonyl (C=O) groups is 1. The normalized spacial score (nSPS) is 21.5. The van der Waals surface area contributed by atoms with Gasteiger partial charge in [0.25, 0.3) is 0 Å². The van der Waals surface area contributed by atoms with Crippen molar-refractivity contribution in [2.24, 2.45) is 0 Å². The Kier molecular flexibility index (Phi) is 4.83. The van der Waals surface area contributed by atoms with E-state index in [0.29, 0.717) is 12.5 Å². The summed E-state index contributed by atoms with van der Waals surface area (Å²) in [5, 5.41) is 0. The Labute approximate surface area is 189 Å². The van der Waals surface area contributed by atoms with Gasteiger partial charge in [-0.3, -0.25) is 4.90 Å². The number of nitrogens with zero attached hydrogens (tertiary/aromatic N) is 1. The van der Waals surface area contributed by atoms with Gasteiger partial charge in [-0.25, -0.2) is 4.79 Å². The number of hydrogen-bond donors (Lipinski definition) is 0. The summed E-state index contributed by atoms with van der Waals surface area (Å²) in [6.45, 7) is 0.329. The standard InChI is InChI=1S/C29H27NO2/c31-29(32-19-20-9-2-1-3-10-20)30-22-11-8-12-23(30)18-21(17-22)28-26-15-6-4-13-24(26)25-14-5-7-16-27(25)28/h1-7,9-10,13-17,22-23,28H,8,11-12,18-19H2. The van der Waals surface area contributed by atoms with Crippen LogP contribution in [0.25, 0.3) is 11.1 Å². The minimum Gasteiger partial charge on any atom is -0.445 e. The van der Waals surface area contributed by atoms with Gasteiger partial charge in [-0.2, -0.15) is 0 Å². The first kappa shape index (κ1) is 19.4. The fraction of sp³-hybridized carbons (Fsp3) is 0.276. The van der Waals surface area contributed by atoms with Gasteiger partial charge in [-0.15, -0.1) is 0 Å². The quantitative estimate of drug-likeness (QED) is 0.441. The SMILES string of the molecule is O=C(OCc1ccccc1)N1C2C=C(C3c4ccccc4-c4ccccc43)CC1CCC2. The number of carbonyl (C=O) groups excluding carboxylic acids is 1. The number of hydrogen-bond acceptors (Lipinski definition) is 2. The van der Waals surface area contributed by atoms with Crippen LogP contribution in [0.1, 0.15) is 48.3 Å². The summed E-state index contributed by atoms with van der Waals surface area (Å²) in [6.07, 6.45) is 6.35. The van der Waals surface area contributed by atoms with Crippen molar-refractivity contribution in [3.63, 3.8) is 0 Å². The Balaban J connectivity index is 1.29. The molecule has 160 valence electrons. The van der Waals surface area contributed by atoms with Crippen LogP contribution in [0, 0.1) is 0 Å². The van der Waals surface area contributed by atoms with E-state index in [1.54, 1.807) is 0 Å². The molecule has 0 spiro atoms. The number of ether oxygens (including phenoxy) is 1. The lowest BCUT2D eigenvalue weighted by Gasteiger charge is -2.45. The first-order valence-electron chi connectivity index (χ1n) is 11.7. The molecule has 0 saturated carbocycles. The lowest BCUT2D eigenvalue weighted by atomic mass is 9.78. The van der Waals surface area contributed by atoms with Crippen LogP contribution in [0.2, 0.25) is 0 Å². The average Bonchev–Trinajstić information content (AvgIpc) is 3.17. The Bertz CT molecular complexity index is 1140. The molecular weight excluding hydrogens is 394 g/mol. The molecule has 32 heavy (non-hydrogen) atoms. The summed E-state index contributed by atoms with van der Waals surface area (Å²) in [6, 6.07) is 27.9. The van der Waals surface area contributed by atoms with Crippen molar-refractivity contribution in [1.82, 2.24) is 4.90 Å². The summed E-state index contributed by atoms with van der Waals surface area (Å²) in [5.74, 6) is 0.299. The molecule has 1 aliphatic carbocycles. The van der Waals surface area contributed by atoms with Crippen LogP contribution in [0.5, 0.6) is 0 Å². The van der Waals surface area contributed by atoms with E-state index < -0.39 is 0 Å². The first-order chi connectivity index (χ1) is 15.8. The van der Waals surface area contributed by atoms with E-state index in [1.165, 1.54) is 34.2 Å². The third-order valence-corrected chi connectivity index (χ3v) is 7.29. The fourth-order valence-corrected chi connectivity index (χ4v) is 5.91. The summed E-state index contributed by atoms with van der Waals surface area (Å²) in [5.41, 5.74) is 7.99. The van der Waals surface area contributed by atoms with Gasteiger partial charge in [-0.1, -0.05) is 90.5 Å². The predicted octanol–water partition coefficient (Wildman–Crippen LogP) is 6.69. The van der Waals surface area contributed by atoms with E-state index in [4.69, 9.17) is 4.74 Å². The zero-order chi connectivity index (χ0) is 21.5. The highest BCUT2D eigenvalue weighted by Gasteiger charge is 2.41. The number of amides is 1. The van der Waals surface area contributed by atoms with E-state index >= 15 is 0 Å². The molecule has 1 fully saturated rings. The van der Waals surface area contributed by atoms with Crippen LogP contribution in [0.15, 0.2) is 90.5 Å². The monoisotopic (exact) mass is 421 g/mol. The van der Waals surface area contributed by atoms with Crippen molar-refractivity contribution in [2.45, 2.75) is 50.3 Å². The van der Waals surface area contributed by atoms with Crippen molar-refractivity contribution in [1.29, 1.82) is 0 Å². The van der Waals surface area contributed by atoms with Gasteiger partial charge in [0.2, 0.25) is 0 Å². The number of benzene rings is 3. The third-order valence-electron chi connectivity index (χ3n) is 7.29. The molecular formula is C29H27NO2. The Morgan fingerprint density at radius 2 is 1.50 bits per heavy atom. The molecule has 3 nitrogen and oxygen atoms in total. The molecule has 3 aliphatic rings. The predicted molar refractivity (Wildman–Crippen MR) is 126 cm³/mol. The van der Waals surface area contributed by atoms with Crippen molar-refractivity contribution in [3.8, 4) is 11.1 Å². The number of fused-ring (bicyclic) bond motifs is 5. The largest absolute Gasteiger partial charge is 0.445 e. The van der Waals surface area contributed by atoms with Gasteiger partial charge in [0.15, 0.2) is 0 Å². The molecule has 3 aromatic rings. The molecule has 2 bridgehead atoms. The molecule has 0 aromatic heterocycles. The minimum atomic E-state index is -0.175. The molecule has 0 radical (unpaired) electrons. The maximum atomic E-state index is 13.1. The molecule has 2 aliphatic heterocycles. The second-order valence-corrected chi connectivity index (χ2v) is 9.15. The first-order valence-corrected chi connectivity index (χ1v) is 11.7. The van der Waals surface area contributed by atoms with Crippen LogP contribution in [-0.2, 0) is 11.3 Å². The van der Waals surface area contributed by atoms with Gasteiger partial charge in [0.1, 0.15) is 6.61 Å². The van der Waals surface area contributed by atoms with E-state index in [0.717, 1.165) is 24.8 Å². The molecule has 2 heterocycles. The van der Waals surface area contributed by atoms with Crippen molar-refractivity contribution < 1.29 is 9.53 Å². The maximum Gasteiger partial charge on any atom is 0.410 e. The average molecular weight is 422 g/mol. The smallest absolute Gasteiger partial charge is 0.410 e. The third kappa shape index (κ3) is 3.24. The lowest BCUT2D eigenvalue weighted by molar-refractivity contribution is 0.0478. The van der Waals surface area contributed by atoms with Crippen molar-refractivity contribution in [3.05, 3.63) is 107 Å². The number of rotatable bonds is 3. The summed E-state index contributed by atoms with van der Waals surface area (Å²) in [4.78, 5) is 15.1. The minimum absolute atomic E-state index is 0.126. The van der Waals surface area contributed by atoms with Gasteiger partial charge in [0, 0.05) is 12.0 Å². The zero-order valence-corrected chi connectivity index (χ0v) is 18.1. The molecule has 3 heteroatoms. The van der Waals surface area contributed by atoms with E-state index in [9.17, 15) is 4.79 Å². The zero-order valence-electron chi connectivity index (χ0n) is 18.1. The molecule has 6 rings (SSSR count). The maximum absolute atomic E-state index is 13.1. The summed E-state index contributed by atoms with van der Waals surface area (Å²) >= 11 is 0. The molecule has 0 N–H and O–H groups in total. The molecule has 3 aromatic carbocycles. The van der Waals surface area contributed by atoms with E-state index in [2.05, 4.69) is 54.6 Å². The fourth-order valence-electron chi connectivity index (χ4n) is 5.91. The Morgan fingerprint density at radius 1 is 0.844 bits per heavy atom. The molecule has 2 atom stereocenters. The van der Waals surface area contributed by atoms with Gasteiger partial charge in [-0.05, 0) is 53.5 Å². The van der Waals surface area contributed by atoms with Crippen LogP contribution in [-0.4, -0.2) is 23.1 Å². The summed E-state index contributed by atoms with van der Waals surface area (Å²) < 4.78 is 5.73. The van der Waals surface area contributed by atoms with E-state index in [-0.39, 0.29) is 18.2 Å². The van der Waals surface area contributed by atoms with Crippen LogP contribution < -0.4 is 0 Å². The van der Waals surface area contributed by atoms with Crippen molar-refractivity contribution in [2.75, 3.05) is 0 Å². The topological polar surface area (TPSA) is 29.5 Å². The summed E-state index contributed by atoms with van der Waals surface area (Å²) in [7, 11) is 0. The van der Waals surface area contributed by atoms with Gasteiger partial charge >= 0.3 is 6.09 Å². The molecule has 1 amide bonds. The van der Waals surface area contributed by atoms with Crippen LogP contribution in [0.4, 0.5) is 4.79 Å². The Hall–Kier alpha value is -3.33. The van der Waals surface area contributed by atoms with Crippen LogP contribution >= 0.6 is 0 Å². The number of piperidine rings is 1.